The number of rotatable bonds is 4. The molecule has 0 bridgehead atoms. The molecule has 0 radical (unpaired) electrons. The Balaban J connectivity index is 1.95. The number of nitrogens with one attached hydrogen (secondary N) is 1. The van der Waals surface area contributed by atoms with E-state index in [9.17, 15) is 9.90 Å². The first-order valence-electron chi connectivity index (χ1n) is 8.54. The van der Waals surface area contributed by atoms with Crippen LogP contribution in [0.25, 0.3) is 34.1 Å². The summed E-state index contributed by atoms with van der Waals surface area (Å²) in [6.45, 7) is 1.65. The molecule has 0 aliphatic heterocycles. The Morgan fingerprint density at radius 2 is 1.96 bits per heavy atom. The molecular weight excluding hydrogens is 360 g/mol. The van der Waals surface area contributed by atoms with Gasteiger partial charge in [0.25, 0.3) is 0 Å². The van der Waals surface area contributed by atoms with Crippen LogP contribution >= 0.6 is 0 Å². The normalized spacial score (nSPS) is 11.0. The summed E-state index contributed by atoms with van der Waals surface area (Å²) in [6.07, 6.45) is 3.49. The summed E-state index contributed by atoms with van der Waals surface area (Å²) >= 11 is 0. The fourth-order valence-corrected chi connectivity index (χ4v) is 2.95. The molecule has 4 aromatic rings. The van der Waals surface area contributed by atoms with Crippen LogP contribution in [0.2, 0.25) is 0 Å². The zero-order valence-corrected chi connectivity index (χ0v) is 15.6. The first-order valence-corrected chi connectivity index (χ1v) is 8.54. The van der Waals surface area contributed by atoms with Crippen molar-refractivity contribution in [3.8, 4) is 45.6 Å². The van der Waals surface area contributed by atoms with E-state index in [1.165, 1.54) is 6.07 Å². The molecule has 0 atom stereocenters. The number of aromatic amines is 1. The van der Waals surface area contributed by atoms with Crippen LogP contribution < -0.4 is 10.2 Å². The molecule has 4 rings (SSSR count). The molecule has 2 N–H and O–H groups in total. The maximum absolute atomic E-state index is 12.1. The highest BCUT2D eigenvalue weighted by Gasteiger charge is 2.22. The number of hydrogen-bond donors (Lipinski definition) is 2. The monoisotopic (exact) mass is 378 g/mol. The molecule has 0 saturated carbocycles. The van der Waals surface area contributed by atoms with Crippen LogP contribution in [0, 0.1) is 6.92 Å². The molecule has 0 saturated heterocycles. The van der Waals surface area contributed by atoms with E-state index in [1.807, 2.05) is 37.5 Å². The molecule has 0 unspecified atom stereocenters. The van der Waals surface area contributed by atoms with Crippen LogP contribution in [0.15, 0.2) is 51.9 Å². The maximum atomic E-state index is 12.1. The summed E-state index contributed by atoms with van der Waals surface area (Å²) in [4.78, 5) is 19.9. The van der Waals surface area contributed by atoms with Crippen molar-refractivity contribution in [2.75, 3.05) is 7.11 Å². The number of H-pyrrole nitrogens is 1. The molecule has 8 heteroatoms. The van der Waals surface area contributed by atoms with Gasteiger partial charge >= 0.3 is 0 Å². The quantitative estimate of drug-likeness (QED) is 0.565. The van der Waals surface area contributed by atoms with Gasteiger partial charge in [0.1, 0.15) is 28.7 Å². The highest BCUT2D eigenvalue weighted by Crippen LogP contribution is 2.36. The largest absolute Gasteiger partial charge is 0.501 e. The fraction of sp³-hybridized carbons (Fsp3) is 0.150. The van der Waals surface area contributed by atoms with Gasteiger partial charge in [-0.2, -0.15) is 5.10 Å². The van der Waals surface area contributed by atoms with Gasteiger partial charge in [-0.25, -0.2) is 4.98 Å². The third-order valence-electron chi connectivity index (χ3n) is 4.32. The maximum Gasteiger partial charge on any atom is 0.227 e. The molecule has 1 aromatic carbocycles. The van der Waals surface area contributed by atoms with Gasteiger partial charge in [-0.05, 0) is 31.2 Å². The minimum Gasteiger partial charge on any atom is -0.501 e. The van der Waals surface area contributed by atoms with E-state index >= 15 is 0 Å². The van der Waals surface area contributed by atoms with Gasteiger partial charge in [-0.15, -0.1) is 0 Å². The van der Waals surface area contributed by atoms with E-state index in [4.69, 9.17) is 9.15 Å². The van der Waals surface area contributed by atoms with Gasteiger partial charge in [0.05, 0.1) is 18.9 Å². The molecule has 0 aliphatic rings. The van der Waals surface area contributed by atoms with E-state index in [-0.39, 0.29) is 5.76 Å². The molecule has 0 spiro atoms. The number of nitrogens with zero attached hydrogens (tertiary/aromatic N) is 3. The summed E-state index contributed by atoms with van der Waals surface area (Å²) in [5.41, 5.74) is 1.95. The van der Waals surface area contributed by atoms with Crippen LogP contribution in [-0.2, 0) is 7.05 Å². The van der Waals surface area contributed by atoms with Crippen LogP contribution in [0.5, 0.6) is 11.5 Å². The van der Waals surface area contributed by atoms with Crippen molar-refractivity contribution >= 4 is 0 Å². The molecule has 0 aliphatic carbocycles. The first kappa shape index (κ1) is 17.6. The van der Waals surface area contributed by atoms with Gasteiger partial charge in [0.2, 0.25) is 11.2 Å². The average molecular weight is 378 g/mol. The van der Waals surface area contributed by atoms with Crippen LogP contribution in [0.1, 0.15) is 5.76 Å². The van der Waals surface area contributed by atoms with Crippen LogP contribution in [0.3, 0.4) is 0 Å². The summed E-state index contributed by atoms with van der Waals surface area (Å²) in [5.74, 6) is 1.20. The lowest BCUT2D eigenvalue weighted by Gasteiger charge is -2.06. The van der Waals surface area contributed by atoms with Gasteiger partial charge in [-0.3, -0.25) is 9.48 Å². The number of aromatic hydroxyl groups is 1. The standard InChI is InChI=1S/C20H18N4O4/c1-11-8-15(25)18(26)19(28-11)17-16(12-4-6-14(27-3)7-5-12)22-20(23-17)13-9-21-24(2)10-13/h4-10,26H,1-3H3,(H,22,23). The van der Waals surface area contributed by atoms with Crippen molar-refractivity contribution in [3.63, 3.8) is 0 Å². The molecule has 0 amide bonds. The first-order chi connectivity index (χ1) is 13.5. The number of imidazole rings is 1. The molecule has 3 aromatic heterocycles. The summed E-state index contributed by atoms with van der Waals surface area (Å²) < 4.78 is 12.5. The summed E-state index contributed by atoms with van der Waals surface area (Å²) in [6, 6.07) is 8.55. The second-order valence-electron chi connectivity index (χ2n) is 6.34. The second-order valence-corrected chi connectivity index (χ2v) is 6.34. The van der Waals surface area contributed by atoms with Crippen molar-refractivity contribution < 1.29 is 14.3 Å². The smallest absolute Gasteiger partial charge is 0.227 e. The van der Waals surface area contributed by atoms with E-state index in [0.29, 0.717) is 28.7 Å². The molecule has 142 valence electrons. The molecule has 8 nitrogen and oxygen atoms in total. The Bertz CT molecular complexity index is 1200. The van der Waals surface area contributed by atoms with Crippen molar-refractivity contribution in [1.29, 1.82) is 0 Å². The SMILES string of the molecule is COc1ccc(-c2nc(-c3cnn(C)c3)[nH]c2-c2oc(C)cc(=O)c2O)cc1. The number of benzene rings is 1. The van der Waals surface area contributed by atoms with Crippen molar-refractivity contribution in [1.82, 2.24) is 19.7 Å². The Labute approximate surface area is 160 Å². The molecule has 0 fully saturated rings. The number of ether oxygens (including phenoxy) is 1. The number of aromatic nitrogens is 4. The number of methoxy groups -OCH3 is 1. The Morgan fingerprint density at radius 3 is 2.61 bits per heavy atom. The lowest BCUT2D eigenvalue weighted by Crippen LogP contribution is -2.01. The van der Waals surface area contributed by atoms with E-state index in [2.05, 4.69) is 15.1 Å². The van der Waals surface area contributed by atoms with E-state index in [1.54, 1.807) is 24.9 Å². The van der Waals surface area contributed by atoms with Gasteiger partial charge in [0, 0.05) is 24.9 Å². The van der Waals surface area contributed by atoms with Gasteiger partial charge in [0.15, 0.2) is 5.76 Å². The van der Waals surface area contributed by atoms with Crippen LogP contribution in [-0.4, -0.2) is 32.0 Å². The zero-order chi connectivity index (χ0) is 19.8. The third-order valence-corrected chi connectivity index (χ3v) is 4.32. The van der Waals surface area contributed by atoms with Crippen molar-refractivity contribution in [2.45, 2.75) is 6.92 Å². The van der Waals surface area contributed by atoms with Gasteiger partial charge < -0.3 is 19.2 Å². The Morgan fingerprint density at radius 1 is 1.21 bits per heavy atom. The highest BCUT2D eigenvalue weighted by molar-refractivity contribution is 5.81. The van der Waals surface area contributed by atoms with Crippen LogP contribution in [0.4, 0.5) is 0 Å². The van der Waals surface area contributed by atoms with Crippen molar-refractivity contribution in [3.05, 3.63) is 58.7 Å². The number of aryl methyl sites for hydroxylation is 2. The highest BCUT2D eigenvalue weighted by atomic mass is 16.5. The topological polar surface area (TPSA) is 106 Å². The number of hydrogen-bond acceptors (Lipinski definition) is 6. The zero-order valence-electron chi connectivity index (χ0n) is 15.6. The Hall–Kier alpha value is -3.81. The Kier molecular flexibility index (Phi) is 4.23. The third kappa shape index (κ3) is 3.05. The molecular formula is C20H18N4O4. The predicted molar refractivity (Wildman–Crippen MR) is 103 cm³/mol. The summed E-state index contributed by atoms with van der Waals surface area (Å²) in [5, 5.41) is 14.5. The van der Waals surface area contributed by atoms with Gasteiger partial charge in [-0.1, -0.05) is 0 Å². The lowest BCUT2D eigenvalue weighted by atomic mass is 10.1. The lowest BCUT2D eigenvalue weighted by molar-refractivity contribution is 0.415. The van der Waals surface area contributed by atoms with E-state index < -0.39 is 11.2 Å². The minimum atomic E-state index is -0.517. The predicted octanol–water partition coefficient (Wildman–Crippen LogP) is 3.12. The second kappa shape index (κ2) is 6.73. The fourth-order valence-electron chi connectivity index (χ4n) is 2.95. The summed E-state index contributed by atoms with van der Waals surface area (Å²) in [7, 11) is 3.40. The minimum absolute atomic E-state index is 0.0402. The molecule has 3 heterocycles. The van der Waals surface area contributed by atoms with Crippen molar-refractivity contribution in [2.24, 2.45) is 7.05 Å². The average Bonchev–Trinajstić information content (AvgIpc) is 3.31. The van der Waals surface area contributed by atoms with E-state index in [0.717, 1.165) is 11.1 Å². The molecule has 28 heavy (non-hydrogen) atoms.